The van der Waals surface area contributed by atoms with Gasteiger partial charge in [0.2, 0.25) is 5.91 Å². The molecule has 1 heterocycles. The van der Waals surface area contributed by atoms with E-state index in [1.54, 1.807) is 0 Å². The second-order valence-electron chi connectivity index (χ2n) is 5.13. The fraction of sp³-hybridized carbons (Fsp3) is 0.923. The van der Waals surface area contributed by atoms with E-state index < -0.39 is 0 Å². The van der Waals surface area contributed by atoms with Gasteiger partial charge < -0.3 is 10.2 Å². The summed E-state index contributed by atoms with van der Waals surface area (Å²) in [5.74, 6) is 1.89. The number of carbonyl (C=O) groups excluding carboxylic acids is 1. The Kier molecular flexibility index (Phi) is 5.81. The molecule has 0 unspecified atom stereocenters. The van der Waals surface area contributed by atoms with Crippen molar-refractivity contribution >= 4 is 5.91 Å². The van der Waals surface area contributed by atoms with Gasteiger partial charge in [0.25, 0.3) is 0 Å². The molecule has 3 nitrogen and oxygen atoms in total. The van der Waals surface area contributed by atoms with Crippen LogP contribution < -0.4 is 5.32 Å². The lowest BCUT2D eigenvalue weighted by Crippen LogP contribution is -2.40. The Labute approximate surface area is 101 Å². The minimum Gasteiger partial charge on any atom is -0.355 e. The molecular formula is C13H28N2O. The van der Waals surface area contributed by atoms with E-state index in [0.29, 0.717) is 6.42 Å². The highest BCUT2D eigenvalue weighted by Gasteiger charge is 2.20. The lowest BCUT2D eigenvalue weighted by Gasteiger charge is -2.33. The summed E-state index contributed by atoms with van der Waals surface area (Å²) in [5.41, 5.74) is 0. The standard InChI is InChI=1S/C13H26N2O.H2/c1-4-13(16)14-7-10-15-8-5-12(6-9-15)11(2)3;/h11-12H,4-10H2,1-3H3,(H,14,16);1H. The predicted octanol–water partition coefficient (Wildman–Crippen LogP) is 2.13. The third kappa shape index (κ3) is 4.52. The molecular weight excluding hydrogens is 200 g/mol. The summed E-state index contributed by atoms with van der Waals surface area (Å²) in [7, 11) is 0. The normalized spacial score (nSPS) is 19.0. The number of hydrogen-bond donors (Lipinski definition) is 1. The summed E-state index contributed by atoms with van der Waals surface area (Å²) < 4.78 is 0. The van der Waals surface area contributed by atoms with Crippen LogP contribution in [0.2, 0.25) is 0 Å². The minimum atomic E-state index is 0. The van der Waals surface area contributed by atoms with Gasteiger partial charge in [-0.25, -0.2) is 0 Å². The van der Waals surface area contributed by atoms with Gasteiger partial charge >= 0.3 is 0 Å². The molecule has 3 heteroatoms. The van der Waals surface area contributed by atoms with E-state index in [2.05, 4.69) is 24.1 Å². The molecule has 16 heavy (non-hydrogen) atoms. The van der Waals surface area contributed by atoms with E-state index in [9.17, 15) is 4.79 Å². The minimum absolute atomic E-state index is 0. The highest BCUT2D eigenvalue weighted by atomic mass is 16.1. The van der Waals surface area contributed by atoms with Crippen molar-refractivity contribution in [1.29, 1.82) is 0 Å². The lowest BCUT2D eigenvalue weighted by atomic mass is 9.87. The molecule has 0 aromatic carbocycles. The van der Waals surface area contributed by atoms with Crippen LogP contribution in [0.15, 0.2) is 0 Å². The van der Waals surface area contributed by atoms with Crippen molar-refractivity contribution in [2.75, 3.05) is 26.2 Å². The first kappa shape index (κ1) is 13.5. The monoisotopic (exact) mass is 228 g/mol. The summed E-state index contributed by atoms with van der Waals surface area (Å²) in [5, 5.41) is 2.93. The van der Waals surface area contributed by atoms with Gasteiger partial charge in [-0.15, -0.1) is 0 Å². The largest absolute Gasteiger partial charge is 0.355 e. The van der Waals surface area contributed by atoms with Crippen molar-refractivity contribution in [2.24, 2.45) is 11.8 Å². The Bertz CT molecular complexity index is 213. The zero-order valence-electron chi connectivity index (χ0n) is 11.0. The SMILES string of the molecule is CCC(=O)NCCN1CCC(C(C)C)CC1.[HH]. The maximum absolute atomic E-state index is 11.1. The number of amides is 1. The van der Waals surface area contributed by atoms with Crippen LogP contribution in [0.5, 0.6) is 0 Å². The van der Waals surface area contributed by atoms with Crippen molar-refractivity contribution in [3.8, 4) is 0 Å². The van der Waals surface area contributed by atoms with Crippen molar-refractivity contribution in [1.82, 2.24) is 10.2 Å². The molecule has 0 radical (unpaired) electrons. The van der Waals surface area contributed by atoms with E-state index in [4.69, 9.17) is 0 Å². The van der Waals surface area contributed by atoms with Gasteiger partial charge in [0.15, 0.2) is 0 Å². The zero-order valence-corrected chi connectivity index (χ0v) is 11.0. The zero-order chi connectivity index (χ0) is 12.0. The van der Waals surface area contributed by atoms with Gasteiger partial charge in [0, 0.05) is 20.9 Å². The number of nitrogens with zero attached hydrogens (tertiary/aromatic N) is 1. The van der Waals surface area contributed by atoms with Crippen LogP contribution in [-0.2, 0) is 4.79 Å². The van der Waals surface area contributed by atoms with Gasteiger partial charge in [0.1, 0.15) is 0 Å². The molecule has 0 spiro atoms. The first-order chi connectivity index (χ1) is 7.63. The van der Waals surface area contributed by atoms with Crippen LogP contribution in [0.3, 0.4) is 0 Å². The van der Waals surface area contributed by atoms with Crippen LogP contribution in [0.25, 0.3) is 0 Å². The van der Waals surface area contributed by atoms with Gasteiger partial charge in [0.05, 0.1) is 0 Å². The van der Waals surface area contributed by atoms with Crippen molar-refractivity contribution in [3.05, 3.63) is 0 Å². The summed E-state index contributed by atoms with van der Waals surface area (Å²) in [4.78, 5) is 13.5. The average Bonchev–Trinajstić information content (AvgIpc) is 2.29. The molecule has 1 rings (SSSR count). The number of nitrogens with one attached hydrogen (secondary N) is 1. The third-order valence-electron chi connectivity index (χ3n) is 3.65. The van der Waals surface area contributed by atoms with E-state index in [0.717, 1.165) is 24.9 Å². The molecule has 1 saturated heterocycles. The molecule has 1 N–H and O–H groups in total. The Balaban J connectivity index is 0.00000256. The number of hydrogen-bond acceptors (Lipinski definition) is 2. The maximum atomic E-state index is 11.1. The highest BCUT2D eigenvalue weighted by molar-refractivity contribution is 5.75. The van der Waals surface area contributed by atoms with Crippen LogP contribution in [0.4, 0.5) is 0 Å². The van der Waals surface area contributed by atoms with Gasteiger partial charge in [-0.1, -0.05) is 20.8 Å². The molecule has 0 saturated carbocycles. The van der Waals surface area contributed by atoms with E-state index in [-0.39, 0.29) is 7.33 Å². The quantitative estimate of drug-likeness (QED) is 0.782. The maximum Gasteiger partial charge on any atom is 0.219 e. The highest BCUT2D eigenvalue weighted by Crippen LogP contribution is 2.23. The Hall–Kier alpha value is -0.570. The molecule has 1 amide bonds. The second-order valence-corrected chi connectivity index (χ2v) is 5.13. The van der Waals surface area contributed by atoms with Gasteiger partial charge in [-0.2, -0.15) is 0 Å². The smallest absolute Gasteiger partial charge is 0.219 e. The Morgan fingerprint density at radius 2 is 2.06 bits per heavy atom. The third-order valence-corrected chi connectivity index (χ3v) is 3.65. The van der Waals surface area contributed by atoms with Gasteiger partial charge in [-0.05, 0) is 37.8 Å². The van der Waals surface area contributed by atoms with E-state index in [1.165, 1.54) is 25.9 Å². The summed E-state index contributed by atoms with van der Waals surface area (Å²) in [6.07, 6.45) is 3.23. The van der Waals surface area contributed by atoms with Crippen molar-refractivity contribution < 1.29 is 6.22 Å². The summed E-state index contributed by atoms with van der Waals surface area (Å²) in [6, 6.07) is 0. The van der Waals surface area contributed by atoms with Crippen LogP contribution in [-0.4, -0.2) is 37.0 Å². The van der Waals surface area contributed by atoms with E-state index in [1.807, 2.05) is 6.92 Å². The number of carbonyl (C=O) groups is 1. The Morgan fingerprint density at radius 1 is 1.44 bits per heavy atom. The summed E-state index contributed by atoms with van der Waals surface area (Å²) >= 11 is 0. The molecule has 1 aliphatic rings. The van der Waals surface area contributed by atoms with Crippen LogP contribution in [0.1, 0.15) is 41.5 Å². The van der Waals surface area contributed by atoms with Crippen molar-refractivity contribution in [2.45, 2.75) is 40.0 Å². The number of rotatable bonds is 5. The Morgan fingerprint density at radius 3 is 2.56 bits per heavy atom. The molecule has 0 aliphatic carbocycles. The van der Waals surface area contributed by atoms with E-state index >= 15 is 0 Å². The van der Waals surface area contributed by atoms with Crippen LogP contribution in [0, 0.1) is 11.8 Å². The first-order valence-electron chi connectivity index (χ1n) is 6.62. The number of likely N-dealkylation sites (tertiary alicyclic amines) is 1. The molecule has 0 aromatic rings. The summed E-state index contributed by atoms with van der Waals surface area (Å²) in [6.45, 7) is 10.7. The topological polar surface area (TPSA) is 32.3 Å². The number of piperidine rings is 1. The second kappa shape index (κ2) is 6.89. The average molecular weight is 228 g/mol. The van der Waals surface area contributed by atoms with Gasteiger partial charge in [-0.3, -0.25) is 4.79 Å². The molecule has 0 aromatic heterocycles. The van der Waals surface area contributed by atoms with Crippen LogP contribution >= 0.6 is 0 Å². The first-order valence-corrected chi connectivity index (χ1v) is 6.62. The molecule has 96 valence electrons. The fourth-order valence-corrected chi connectivity index (χ4v) is 2.32. The lowest BCUT2D eigenvalue weighted by molar-refractivity contribution is -0.120. The van der Waals surface area contributed by atoms with Crippen molar-refractivity contribution in [3.63, 3.8) is 0 Å². The molecule has 1 fully saturated rings. The predicted molar refractivity (Wildman–Crippen MR) is 69.4 cm³/mol. The fourth-order valence-electron chi connectivity index (χ4n) is 2.32. The molecule has 1 aliphatic heterocycles. The molecule has 0 bridgehead atoms. The molecule has 0 atom stereocenters.